The van der Waals surface area contributed by atoms with Gasteiger partial charge in [-0.05, 0) is 35.9 Å². The molecule has 0 bridgehead atoms. The molecule has 206 valence electrons. The summed E-state index contributed by atoms with van der Waals surface area (Å²) in [7, 11) is 0. The fraction of sp³-hybridized carbons (Fsp3) is 0. The molecule has 0 saturated heterocycles. The van der Waals surface area contributed by atoms with Gasteiger partial charge in [0.1, 0.15) is 28.8 Å². The first-order valence-corrected chi connectivity index (χ1v) is 11.8. The molecule has 3 aromatic rings. The van der Waals surface area contributed by atoms with E-state index in [0.717, 1.165) is 24.3 Å². The van der Waals surface area contributed by atoms with Gasteiger partial charge >= 0.3 is 23.9 Å². The number of rotatable bonds is 11. The van der Waals surface area contributed by atoms with Crippen LogP contribution in [0.25, 0.3) is 23.3 Å². The van der Waals surface area contributed by atoms with Gasteiger partial charge < -0.3 is 18.9 Å². The van der Waals surface area contributed by atoms with Crippen LogP contribution < -0.4 is 18.9 Å². The lowest BCUT2D eigenvalue weighted by molar-refractivity contribution is -0.130. The van der Waals surface area contributed by atoms with Gasteiger partial charge in [-0.2, -0.15) is 0 Å². The van der Waals surface area contributed by atoms with E-state index in [0.29, 0.717) is 16.7 Å². The summed E-state index contributed by atoms with van der Waals surface area (Å²) >= 11 is 0. The van der Waals surface area contributed by atoms with Gasteiger partial charge in [0.15, 0.2) is 0 Å². The van der Waals surface area contributed by atoms with Crippen LogP contribution >= 0.6 is 0 Å². The Balaban J connectivity index is 1.95. The molecule has 0 aromatic heterocycles. The van der Waals surface area contributed by atoms with Crippen molar-refractivity contribution < 1.29 is 42.5 Å². The molecule has 41 heavy (non-hydrogen) atoms. The fourth-order valence-electron chi connectivity index (χ4n) is 3.32. The second-order valence-corrected chi connectivity index (χ2v) is 7.93. The SMILES string of the molecule is C=CC(=O)Oc1ccc(C=Cc2ccc(-c3ccc(OC(=O)C=C)cc3OC(=O)C=C)cc2F)c(OC(=O)C=C)c1. The predicted octanol–water partition coefficient (Wildman–Crippen LogP) is 6.03. The van der Waals surface area contributed by atoms with Crippen molar-refractivity contribution in [3.8, 4) is 34.1 Å². The molecule has 0 fully saturated rings. The largest absolute Gasteiger partial charge is 0.423 e. The maximum atomic E-state index is 15.2. The molecule has 0 N–H and O–H groups in total. The second-order valence-electron chi connectivity index (χ2n) is 7.93. The molecular formula is C32H23FO8. The Morgan fingerprint density at radius 3 is 1.59 bits per heavy atom. The first-order valence-electron chi connectivity index (χ1n) is 11.8. The zero-order valence-electron chi connectivity index (χ0n) is 21.6. The fourth-order valence-corrected chi connectivity index (χ4v) is 3.32. The molecule has 0 heterocycles. The van der Waals surface area contributed by atoms with Crippen molar-refractivity contribution in [3.05, 3.63) is 122 Å². The van der Waals surface area contributed by atoms with E-state index in [1.165, 1.54) is 60.7 Å². The van der Waals surface area contributed by atoms with Crippen LogP contribution in [0.1, 0.15) is 11.1 Å². The highest BCUT2D eigenvalue weighted by Crippen LogP contribution is 2.35. The van der Waals surface area contributed by atoms with Gasteiger partial charge in [0, 0.05) is 53.1 Å². The zero-order valence-corrected chi connectivity index (χ0v) is 21.6. The number of carbonyl (C=O) groups is 4. The summed E-state index contributed by atoms with van der Waals surface area (Å²) in [6, 6.07) is 12.9. The average molecular weight is 555 g/mol. The standard InChI is InChI=1S/C32H23FO8/c1-5-29(34)38-23-14-13-21(27(18-23)40-31(36)7-3)11-9-20-10-12-22(17-26(20)33)25-16-15-24(39-30(35)6-2)19-28(25)41-32(37)8-4/h5-19H,1-4H2. The Bertz CT molecular complexity index is 1600. The Kier molecular flexibility index (Phi) is 10.0. The van der Waals surface area contributed by atoms with E-state index in [-0.39, 0.29) is 28.6 Å². The highest BCUT2D eigenvalue weighted by atomic mass is 19.1. The normalized spacial score (nSPS) is 10.3. The summed E-state index contributed by atoms with van der Waals surface area (Å²) in [5.41, 5.74) is 1.27. The minimum absolute atomic E-state index is 0.0119. The Hall–Kier alpha value is -5.83. The van der Waals surface area contributed by atoms with Crippen LogP contribution in [0.5, 0.6) is 23.0 Å². The molecule has 9 heteroatoms. The number of benzene rings is 3. The lowest BCUT2D eigenvalue weighted by atomic mass is 10.0. The lowest BCUT2D eigenvalue weighted by Gasteiger charge is -2.12. The van der Waals surface area contributed by atoms with Crippen molar-refractivity contribution in [2.75, 3.05) is 0 Å². The molecule has 0 radical (unpaired) electrons. The van der Waals surface area contributed by atoms with Crippen molar-refractivity contribution in [2.45, 2.75) is 0 Å². The van der Waals surface area contributed by atoms with Crippen molar-refractivity contribution in [3.63, 3.8) is 0 Å². The molecule has 0 amide bonds. The number of carbonyl (C=O) groups excluding carboxylic acids is 4. The van der Waals surface area contributed by atoms with Crippen LogP contribution in [-0.4, -0.2) is 23.9 Å². The molecule has 3 aromatic carbocycles. The molecule has 0 aliphatic carbocycles. The third kappa shape index (κ3) is 8.08. The van der Waals surface area contributed by atoms with E-state index in [2.05, 4.69) is 26.3 Å². The van der Waals surface area contributed by atoms with E-state index >= 15 is 4.39 Å². The first kappa shape index (κ1) is 29.7. The summed E-state index contributed by atoms with van der Waals surface area (Å²) in [6.07, 6.45) is 6.83. The van der Waals surface area contributed by atoms with Crippen LogP contribution in [0, 0.1) is 5.82 Å². The van der Waals surface area contributed by atoms with Crippen LogP contribution in [0.2, 0.25) is 0 Å². The molecule has 0 saturated carbocycles. The van der Waals surface area contributed by atoms with Crippen LogP contribution in [-0.2, 0) is 19.2 Å². The molecule has 8 nitrogen and oxygen atoms in total. The van der Waals surface area contributed by atoms with Gasteiger partial charge in [0.25, 0.3) is 0 Å². The Morgan fingerprint density at radius 1 is 0.561 bits per heavy atom. The van der Waals surface area contributed by atoms with Gasteiger partial charge in [-0.25, -0.2) is 23.6 Å². The van der Waals surface area contributed by atoms with Crippen LogP contribution in [0.4, 0.5) is 4.39 Å². The Labute approximate surface area is 234 Å². The van der Waals surface area contributed by atoms with E-state index in [1.807, 2.05) is 0 Å². The van der Waals surface area contributed by atoms with Crippen LogP contribution in [0.3, 0.4) is 0 Å². The first-order chi connectivity index (χ1) is 19.7. The number of halogens is 1. The maximum Gasteiger partial charge on any atom is 0.335 e. The summed E-state index contributed by atoms with van der Waals surface area (Å²) in [5, 5.41) is 0. The summed E-state index contributed by atoms with van der Waals surface area (Å²) < 4.78 is 35.8. The Morgan fingerprint density at radius 2 is 1.02 bits per heavy atom. The minimum atomic E-state index is -0.767. The minimum Gasteiger partial charge on any atom is -0.423 e. The van der Waals surface area contributed by atoms with Crippen LogP contribution in [0.15, 0.2) is 105 Å². The number of ether oxygens (including phenoxy) is 4. The highest BCUT2D eigenvalue weighted by Gasteiger charge is 2.15. The molecular weight excluding hydrogens is 531 g/mol. The number of esters is 4. The molecule has 0 unspecified atom stereocenters. The van der Waals surface area contributed by atoms with E-state index < -0.39 is 29.7 Å². The van der Waals surface area contributed by atoms with Gasteiger partial charge in [0.05, 0.1) is 0 Å². The second kappa shape index (κ2) is 13.8. The topological polar surface area (TPSA) is 105 Å². The molecule has 0 aliphatic heterocycles. The van der Waals surface area contributed by atoms with Gasteiger partial charge in [0.2, 0.25) is 0 Å². The van der Waals surface area contributed by atoms with Crippen molar-refractivity contribution >= 4 is 36.0 Å². The quantitative estimate of drug-likeness (QED) is 0.123. The monoisotopic (exact) mass is 554 g/mol. The molecule has 0 spiro atoms. The summed E-state index contributed by atoms with van der Waals surface area (Å²) in [6.45, 7) is 13.4. The summed E-state index contributed by atoms with van der Waals surface area (Å²) in [5.74, 6) is -3.31. The van der Waals surface area contributed by atoms with E-state index in [4.69, 9.17) is 18.9 Å². The summed E-state index contributed by atoms with van der Waals surface area (Å²) in [4.78, 5) is 46.8. The highest BCUT2D eigenvalue weighted by molar-refractivity contribution is 5.88. The van der Waals surface area contributed by atoms with Crippen molar-refractivity contribution in [1.29, 1.82) is 0 Å². The number of hydrogen-bond acceptors (Lipinski definition) is 8. The maximum absolute atomic E-state index is 15.2. The van der Waals surface area contributed by atoms with Gasteiger partial charge in [-0.15, -0.1) is 0 Å². The predicted molar refractivity (Wildman–Crippen MR) is 151 cm³/mol. The molecule has 0 atom stereocenters. The average Bonchev–Trinajstić information content (AvgIpc) is 2.97. The lowest BCUT2D eigenvalue weighted by Crippen LogP contribution is -2.06. The molecule has 3 rings (SSSR count). The zero-order chi connectivity index (χ0) is 29.9. The third-order valence-electron chi connectivity index (χ3n) is 5.22. The van der Waals surface area contributed by atoms with E-state index in [9.17, 15) is 19.2 Å². The smallest absolute Gasteiger partial charge is 0.335 e. The van der Waals surface area contributed by atoms with Crippen molar-refractivity contribution in [2.24, 2.45) is 0 Å². The number of hydrogen-bond donors (Lipinski definition) is 0. The van der Waals surface area contributed by atoms with Crippen molar-refractivity contribution in [1.82, 2.24) is 0 Å². The van der Waals surface area contributed by atoms with E-state index in [1.54, 1.807) is 6.07 Å². The molecule has 0 aliphatic rings. The third-order valence-corrected chi connectivity index (χ3v) is 5.22. The van der Waals surface area contributed by atoms with Gasteiger partial charge in [-0.1, -0.05) is 50.6 Å². The van der Waals surface area contributed by atoms with Gasteiger partial charge in [-0.3, -0.25) is 0 Å².